The summed E-state index contributed by atoms with van der Waals surface area (Å²) in [6.45, 7) is 4.14. The number of allylic oxidation sites excluding steroid dienone is 1. The first-order chi connectivity index (χ1) is 11.3. The fraction of sp³-hybridized carbons (Fsp3) is 0.211. The number of carbonyl (C=O) groups is 1. The molecule has 5 heteroatoms. The SMILES string of the molecule is CC(C)/C=C/c1ccc(C(=O)Nc2ccc(C(F)(F)F)cc2)cc1. The van der Waals surface area contributed by atoms with Gasteiger partial charge in [0.15, 0.2) is 0 Å². The minimum absolute atomic E-state index is 0.316. The van der Waals surface area contributed by atoms with Crippen molar-refractivity contribution < 1.29 is 18.0 Å². The number of halogens is 3. The second kappa shape index (κ2) is 7.34. The van der Waals surface area contributed by atoms with Crippen LogP contribution in [0.3, 0.4) is 0 Å². The molecule has 0 aliphatic heterocycles. The van der Waals surface area contributed by atoms with E-state index in [-0.39, 0.29) is 5.91 Å². The number of rotatable bonds is 4. The van der Waals surface area contributed by atoms with Crippen LogP contribution < -0.4 is 5.32 Å². The molecule has 0 aliphatic carbocycles. The Labute approximate surface area is 139 Å². The predicted molar refractivity (Wildman–Crippen MR) is 89.7 cm³/mol. The zero-order valence-corrected chi connectivity index (χ0v) is 13.4. The van der Waals surface area contributed by atoms with Gasteiger partial charge in [0.2, 0.25) is 0 Å². The number of benzene rings is 2. The van der Waals surface area contributed by atoms with E-state index in [1.165, 1.54) is 12.1 Å². The third-order valence-electron chi connectivity index (χ3n) is 3.32. The Hall–Kier alpha value is -2.56. The maximum absolute atomic E-state index is 12.5. The van der Waals surface area contributed by atoms with Crippen molar-refractivity contribution in [3.63, 3.8) is 0 Å². The third kappa shape index (κ3) is 4.98. The Morgan fingerprint density at radius 3 is 2.08 bits per heavy atom. The summed E-state index contributed by atoms with van der Waals surface area (Å²) >= 11 is 0. The topological polar surface area (TPSA) is 29.1 Å². The summed E-state index contributed by atoms with van der Waals surface area (Å²) in [5, 5.41) is 2.58. The molecule has 1 N–H and O–H groups in total. The highest BCUT2D eigenvalue weighted by Gasteiger charge is 2.29. The van der Waals surface area contributed by atoms with Crippen LogP contribution in [0.5, 0.6) is 0 Å². The molecule has 0 unspecified atom stereocenters. The van der Waals surface area contributed by atoms with Crippen LogP contribution in [-0.2, 0) is 6.18 Å². The van der Waals surface area contributed by atoms with Crippen LogP contribution in [0, 0.1) is 5.92 Å². The van der Waals surface area contributed by atoms with E-state index in [1.54, 1.807) is 12.1 Å². The molecule has 2 rings (SSSR count). The molecule has 24 heavy (non-hydrogen) atoms. The Morgan fingerprint density at radius 2 is 1.58 bits per heavy atom. The molecule has 126 valence electrons. The van der Waals surface area contributed by atoms with E-state index < -0.39 is 11.7 Å². The van der Waals surface area contributed by atoms with Gasteiger partial charge in [0, 0.05) is 11.3 Å². The van der Waals surface area contributed by atoms with Gasteiger partial charge in [-0.05, 0) is 47.9 Å². The molecule has 0 saturated heterocycles. The average Bonchev–Trinajstić information content (AvgIpc) is 2.53. The van der Waals surface area contributed by atoms with Gasteiger partial charge in [-0.25, -0.2) is 0 Å². The number of carbonyl (C=O) groups excluding carboxylic acids is 1. The van der Waals surface area contributed by atoms with E-state index in [4.69, 9.17) is 0 Å². The molecule has 0 heterocycles. The van der Waals surface area contributed by atoms with Crippen molar-refractivity contribution in [3.05, 3.63) is 71.3 Å². The summed E-state index contributed by atoms with van der Waals surface area (Å²) in [7, 11) is 0. The monoisotopic (exact) mass is 333 g/mol. The quantitative estimate of drug-likeness (QED) is 0.772. The first kappa shape index (κ1) is 17.8. The minimum Gasteiger partial charge on any atom is -0.322 e. The molecular weight excluding hydrogens is 315 g/mol. The lowest BCUT2D eigenvalue weighted by Crippen LogP contribution is -2.12. The maximum atomic E-state index is 12.5. The van der Waals surface area contributed by atoms with E-state index in [1.807, 2.05) is 18.2 Å². The van der Waals surface area contributed by atoms with Crippen LogP contribution in [0.15, 0.2) is 54.6 Å². The van der Waals surface area contributed by atoms with Gasteiger partial charge in [-0.3, -0.25) is 4.79 Å². The molecule has 2 aromatic carbocycles. The fourth-order valence-electron chi connectivity index (χ4n) is 1.99. The third-order valence-corrected chi connectivity index (χ3v) is 3.32. The zero-order chi connectivity index (χ0) is 17.7. The van der Waals surface area contributed by atoms with Gasteiger partial charge < -0.3 is 5.32 Å². The summed E-state index contributed by atoms with van der Waals surface area (Å²) in [6.07, 6.45) is -0.360. The minimum atomic E-state index is -4.39. The van der Waals surface area contributed by atoms with Crippen molar-refractivity contribution in [2.45, 2.75) is 20.0 Å². The number of anilines is 1. The summed E-state index contributed by atoms with van der Waals surface area (Å²) in [5.41, 5.74) is 0.991. The summed E-state index contributed by atoms with van der Waals surface area (Å²) < 4.78 is 37.5. The number of alkyl halides is 3. The van der Waals surface area contributed by atoms with E-state index in [2.05, 4.69) is 25.2 Å². The molecule has 0 atom stereocenters. The van der Waals surface area contributed by atoms with Gasteiger partial charge in [-0.15, -0.1) is 0 Å². The predicted octanol–water partition coefficient (Wildman–Crippen LogP) is 5.63. The molecular formula is C19H18F3NO. The van der Waals surface area contributed by atoms with Gasteiger partial charge in [0.05, 0.1) is 5.56 Å². The molecule has 0 bridgehead atoms. The normalized spacial score (nSPS) is 11.9. The van der Waals surface area contributed by atoms with Crippen molar-refractivity contribution in [1.29, 1.82) is 0 Å². The molecule has 1 amide bonds. The smallest absolute Gasteiger partial charge is 0.322 e. The summed E-state index contributed by atoms with van der Waals surface area (Å²) in [5.74, 6) is 0.0711. The number of hydrogen-bond acceptors (Lipinski definition) is 1. The van der Waals surface area contributed by atoms with Gasteiger partial charge in [0.25, 0.3) is 5.91 Å². The van der Waals surface area contributed by atoms with E-state index >= 15 is 0 Å². The van der Waals surface area contributed by atoms with Gasteiger partial charge in [-0.1, -0.05) is 38.1 Å². The molecule has 0 radical (unpaired) electrons. The van der Waals surface area contributed by atoms with Crippen molar-refractivity contribution >= 4 is 17.7 Å². The molecule has 0 spiro atoms. The zero-order valence-electron chi connectivity index (χ0n) is 13.4. The maximum Gasteiger partial charge on any atom is 0.416 e. The molecule has 0 saturated carbocycles. The Morgan fingerprint density at radius 1 is 1.00 bits per heavy atom. The lowest BCUT2D eigenvalue weighted by Gasteiger charge is -2.09. The molecule has 2 aromatic rings. The van der Waals surface area contributed by atoms with E-state index in [0.717, 1.165) is 17.7 Å². The van der Waals surface area contributed by atoms with Crippen LogP contribution in [-0.4, -0.2) is 5.91 Å². The Kier molecular flexibility index (Phi) is 5.44. The molecule has 0 aliphatic rings. The van der Waals surface area contributed by atoms with Gasteiger partial charge >= 0.3 is 6.18 Å². The Balaban J connectivity index is 2.04. The van der Waals surface area contributed by atoms with Gasteiger partial charge in [0.1, 0.15) is 0 Å². The molecule has 0 aromatic heterocycles. The lowest BCUT2D eigenvalue weighted by molar-refractivity contribution is -0.137. The largest absolute Gasteiger partial charge is 0.416 e. The van der Waals surface area contributed by atoms with Crippen molar-refractivity contribution in [2.75, 3.05) is 5.32 Å². The highest BCUT2D eigenvalue weighted by molar-refractivity contribution is 6.04. The van der Waals surface area contributed by atoms with Crippen LogP contribution in [0.4, 0.5) is 18.9 Å². The van der Waals surface area contributed by atoms with Crippen LogP contribution >= 0.6 is 0 Å². The summed E-state index contributed by atoms with van der Waals surface area (Å²) in [6, 6.07) is 11.4. The standard InChI is InChI=1S/C19H18F3NO/c1-13(2)3-4-14-5-7-15(8-6-14)18(24)23-17-11-9-16(10-12-17)19(20,21)22/h3-13H,1-2H3,(H,23,24)/b4-3+. The molecule has 2 nitrogen and oxygen atoms in total. The lowest BCUT2D eigenvalue weighted by atomic mass is 10.1. The van der Waals surface area contributed by atoms with Crippen LogP contribution in [0.2, 0.25) is 0 Å². The Bertz CT molecular complexity index is 714. The first-order valence-corrected chi connectivity index (χ1v) is 7.52. The van der Waals surface area contributed by atoms with Gasteiger partial charge in [-0.2, -0.15) is 13.2 Å². The number of hydrogen-bond donors (Lipinski definition) is 1. The second-order valence-corrected chi connectivity index (χ2v) is 5.75. The van der Waals surface area contributed by atoms with Crippen molar-refractivity contribution in [3.8, 4) is 0 Å². The highest BCUT2D eigenvalue weighted by Crippen LogP contribution is 2.29. The molecule has 0 fully saturated rings. The van der Waals surface area contributed by atoms with Crippen LogP contribution in [0.25, 0.3) is 6.08 Å². The number of nitrogens with one attached hydrogen (secondary N) is 1. The highest BCUT2D eigenvalue weighted by atomic mass is 19.4. The fourth-order valence-corrected chi connectivity index (χ4v) is 1.99. The van der Waals surface area contributed by atoms with Crippen molar-refractivity contribution in [1.82, 2.24) is 0 Å². The summed E-state index contributed by atoms with van der Waals surface area (Å²) in [4.78, 5) is 12.1. The number of amides is 1. The first-order valence-electron chi connectivity index (χ1n) is 7.52. The van der Waals surface area contributed by atoms with Crippen LogP contribution in [0.1, 0.15) is 35.3 Å². The van der Waals surface area contributed by atoms with E-state index in [0.29, 0.717) is 17.2 Å². The average molecular weight is 333 g/mol. The van der Waals surface area contributed by atoms with E-state index in [9.17, 15) is 18.0 Å². The second-order valence-electron chi connectivity index (χ2n) is 5.75. The van der Waals surface area contributed by atoms with Crippen molar-refractivity contribution in [2.24, 2.45) is 5.92 Å².